The van der Waals surface area contributed by atoms with Gasteiger partial charge in [0.25, 0.3) is 5.91 Å². The molecule has 1 aromatic heterocycles. The molecular weight excluding hydrogens is 364 g/mol. The van der Waals surface area contributed by atoms with Crippen molar-refractivity contribution >= 4 is 22.6 Å². The Labute approximate surface area is 169 Å². The minimum absolute atomic E-state index is 0.198. The van der Waals surface area contributed by atoms with Crippen LogP contribution in [0.25, 0.3) is 10.9 Å². The van der Waals surface area contributed by atoms with Crippen LogP contribution >= 0.6 is 0 Å². The fraction of sp³-hybridized carbons (Fsp3) is 0.250. The zero-order valence-electron chi connectivity index (χ0n) is 16.6. The molecule has 1 unspecified atom stereocenters. The number of nitrogens with one attached hydrogen (secondary N) is 1. The summed E-state index contributed by atoms with van der Waals surface area (Å²) in [7, 11) is 0. The number of hydrogen-bond acceptors (Lipinski definition) is 3. The number of aryl methyl sites for hydroxylation is 1. The summed E-state index contributed by atoms with van der Waals surface area (Å²) in [5, 5.41) is 11.6. The molecule has 5 heteroatoms. The van der Waals surface area contributed by atoms with E-state index in [0.29, 0.717) is 13.0 Å². The number of ketones is 1. The summed E-state index contributed by atoms with van der Waals surface area (Å²) >= 11 is 0. The number of aromatic amines is 1. The number of amides is 1. The number of aliphatic hydroxyl groups is 1. The van der Waals surface area contributed by atoms with Crippen molar-refractivity contribution in [1.82, 2.24) is 9.88 Å². The summed E-state index contributed by atoms with van der Waals surface area (Å²) in [6.45, 7) is 4.14. The maximum absolute atomic E-state index is 12.9. The van der Waals surface area contributed by atoms with Crippen LogP contribution in [-0.2, 0) is 16.0 Å². The number of aliphatic hydroxyl groups excluding tert-OH is 1. The SMILES string of the molecule is CCC(=O)C1=C(O)C(=O)N(CCc2c[nH]c3ccccc23)C1c1ccc(C)cc1. The maximum Gasteiger partial charge on any atom is 0.290 e. The second-order valence-electron chi connectivity index (χ2n) is 7.46. The number of aromatic nitrogens is 1. The highest BCUT2D eigenvalue weighted by Crippen LogP contribution is 2.38. The Morgan fingerprint density at radius 2 is 1.86 bits per heavy atom. The smallest absolute Gasteiger partial charge is 0.290 e. The molecule has 1 amide bonds. The van der Waals surface area contributed by atoms with Crippen molar-refractivity contribution in [3.05, 3.63) is 82.8 Å². The van der Waals surface area contributed by atoms with E-state index in [0.717, 1.165) is 27.6 Å². The van der Waals surface area contributed by atoms with Gasteiger partial charge in [0.15, 0.2) is 11.5 Å². The molecule has 0 saturated carbocycles. The maximum atomic E-state index is 12.9. The Hall–Kier alpha value is -3.34. The molecule has 2 N–H and O–H groups in total. The number of rotatable bonds is 6. The Morgan fingerprint density at radius 3 is 2.59 bits per heavy atom. The zero-order chi connectivity index (χ0) is 20.5. The van der Waals surface area contributed by atoms with Crippen LogP contribution in [0.15, 0.2) is 66.1 Å². The second-order valence-corrected chi connectivity index (χ2v) is 7.46. The van der Waals surface area contributed by atoms with Crippen LogP contribution in [0.3, 0.4) is 0 Å². The van der Waals surface area contributed by atoms with E-state index in [1.807, 2.05) is 61.7 Å². The van der Waals surface area contributed by atoms with E-state index in [1.165, 1.54) is 0 Å². The molecule has 1 aliphatic rings. The Balaban J connectivity index is 1.67. The number of Topliss-reactive ketones (excluding diaryl/α,β-unsaturated/α-hetero) is 1. The van der Waals surface area contributed by atoms with Crippen molar-refractivity contribution in [3.63, 3.8) is 0 Å². The third-order valence-corrected chi connectivity index (χ3v) is 5.62. The third-order valence-electron chi connectivity index (χ3n) is 5.62. The first-order valence-electron chi connectivity index (χ1n) is 9.90. The first-order chi connectivity index (χ1) is 14.0. The van der Waals surface area contributed by atoms with Crippen molar-refractivity contribution in [2.45, 2.75) is 32.7 Å². The summed E-state index contributed by atoms with van der Waals surface area (Å²) in [6.07, 6.45) is 2.82. The second kappa shape index (κ2) is 7.59. The average Bonchev–Trinajstić information content (AvgIpc) is 3.26. The molecule has 2 heterocycles. The first kappa shape index (κ1) is 19.0. The molecule has 1 atom stereocenters. The van der Waals surface area contributed by atoms with E-state index in [9.17, 15) is 14.7 Å². The van der Waals surface area contributed by atoms with E-state index in [2.05, 4.69) is 4.98 Å². The lowest BCUT2D eigenvalue weighted by Crippen LogP contribution is -2.33. The summed E-state index contributed by atoms with van der Waals surface area (Å²) in [5.74, 6) is -1.09. The molecule has 148 valence electrons. The molecule has 0 radical (unpaired) electrons. The lowest BCUT2D eigenvalue weighted by molar-refractivity contribution is -0.129. The number of H-pyrrole nitrogens is 1. The van der Waals surface area contributed by atoms with Crippen LogP contribution in [0, 0.1) is 6.92 Å². The van der Waals surface area contributed by atoms with Gasteiger partial charge in [-0.15, -0.1) is 0 Å². The number of hydrogen-bond donors (Lipinski definition) is 2. The molecule has 4 rings (SSSR count). The van der Waals surface area contributed by atoms with Gasteiger partial charge in [-0.1, -0.05) is 55.0 Å². The predicted molar refractivity (Wildman–Crippen MR) is 113 cm³/mol. The molecule has 2 aromatic carbocycles. The topological polar surface area (TPSA) is 73.4 Å². The van der Waals surface area contributed by atoms with Crippen molar-refractivity contribution < 1.29 is 14.7 Å². The lowest BCUT2D eigenvalue weighted by atomic mass is 9.94. The van der Waals surface area contributed by atoms with Gasteiger partial charge in [0.1, 0.15) is 0 Å². The monoisotopic (exact) mass is 388 g/mol. The fourth-order valence-electron chi connectivity index (χ4n) is 4.03. The Morgan fingerprint density at radius 1 is 1.14 bits per heavy atom. The summed E-state index contributed by atoms with van der Waals surface area (Å²) in [6, 6.07) is 15.2. The van der Waals surface area contributed by atoms with Crippen LogP contribution in [0.4, 0.5) is 0 Å². The van der Waals surface area contributed by atoms with Gasteiger partial charge >= 0.3 is 0 Å². The molecule has 0 saturated heterocycles. The van der Waals surface area contributed by atoms with Gasteiger partial charge in [-0.25, -0.2) is 0 Å². The summed E-state index contributed by atoms with van der Waals surface area (Å²) in [5.41, 5.74) is 4.29. The normalized spacial score (nSPS) is 16.8. The van der Waals surface area contributed by atoms with Crippen molar-refractivity contribution in [2.24, 2.45) is 0 Å². The van der Waals surface area contributed by atoms with Crippen LogP contribution < -0.4 is 0 Å². The van der Waals surface area contributed by atoms with E-state index >= 15 is 0 Å². The van der Waals surface area contributed by atoms with Gasteiger partial charge < -0.3 is 15.0 Å². The van der Waals surface area contributed by atoms with Crippen LogP contribution in [-0.4, -0.2) is 33.2 Å². The number of fused-ring (bicyclic) bond motifs is 1. The number of carbonyl (C=O) groups is 2. The van der Waals surface area contributed by atoms with E-state index < -0.39 is 17.7 Å². The van der Waals surface area contributed by atoms with Crippen LogP contribution in [0.2, 0.25) is 0 Å². The van der Waals surface area contributed by atoms with Gasteiger partial charge in [-0.3, -0.25) is 9.59 Å². The molecule has 0 spiro atoms. The summed E-state index contributed by atoms with van der Waals surface area (Å²) in [4.78, 5) is 30.3. The number of carbonyl (C=O) groups excluding carboxylic acids is 2. The number of benzene rings is 2. The van der Waals surface area contributed by atoms with E-state index in [1.54, 1.807) is 11.8 Å². The first-order valence-corrected chi connectivity index (χ1v) is 9.90. The zero-order valence-corrected chi connectivity index (χ0v) is 16.6. The molecule has 0 fully saturated rings. The van der Waals surface area contributed by atoms with E-state index in [4.69, 9.17) is 0 Å². The van der Waals surface area contributed by atoms with Gasteiger partial charge in [0, 0.05) is 30.1 Å². The van der Waals surface area contributed by atoms with E-state index in [-0.39, 0.29) is 17.8 Å². The van der Waals surface area contributed by atoms with Crippen molar-refractivity contribution in [1.29, 1.82) is 0 Å². The number of nitrogens with zero attached hydrogens (tertiary/aromatic N) is 1. The van der Waals surface area contributed by atoms with Gasteiger partial charge in [0.2, 0.25) is 0 Å². The van der Waals surface area contributed by atoms with Crippen molar-refractivity contribution in [3.8, 4) is 0 Å². The molecule has 5 nitrogen and oxygen atoms in total. The fourth-order valence-corrected chi connectivity index (χ4v) is 4.03. The predicted octanol–water partition coefficient (Wildman–Crippen LogP) is 4.39. The van der Waals surface area contributed by atoms with Gasteiger partial charge in [0.05, 0.1) is 11.6 Å². The molecule has 0 aliphatic carbocycles. The highest BCUT2D eigenvalue weighted by molar-refractivity contribution is 6.08. The third kappa shape index (κ3) is 3.33. The largest absolute Gasteiger partial charge is 0.503 e. The minimum Gasteiger partial charge on any atom is -0.503 e. The Kier molecular flexibility index (Phi) is 4.97. The highest BCUT2D eigenvalue weighted by Gasteiger charge is 2.42. The molecule has 0 bridgehead atoms. The van der Waals surface area contributed by atoms with Crippen LogP contribution in [0.5, 0.6) is 0 Å². The highest BCUT2D eigenvalue weighted by atomic mass is 16.3. The average molecular weight is 388 g/mol. The molecular formula is C24H24N2O3. The standard InChI is InChI=1S/C24H24N2O3/c1-3-20(27)21-22(16-10-8-15(2)9-11-16)26(24(29)23(21)28)13-12-17-14-25-19-7-5-4-6-18(17)19/h4-11,14,22,25,28H,3,12-13H2,1-2H3. The van der Waals surface area contributed by atoms with Gasteiger partial charge in [-0.05, 0) is 30.5 Å². The lowest BCUT2D eigenvalue weighted by Gasteiger charge is -2.27. The summed E-state index contributed by atoms with van der Waals surface area (Å²) < 4.78 is 0. The quantitative estimate of drug-likeness (QED) is 0.658. The Bertz CT molecular complexity index is 1110. The molecule has 3 aromatic rings. The number of para-hydroxylation sites is 1. The van der Waals surface area contributed by atoms with Gasteiger partial charge in [-0.2, -0.15) is 0 Å². The molecule has 1 aliphatic heterocycles. The van der Waals surface area contributed by atoms with Crippen molar-refractivity contribution in [2.75, 3.05) is 6.54 Å². The van der Waals surface area contributed by atoms with Crippen LogP contribution in [0.1, 0.15) is 36.1 Å². The molecule has 29 heavy (non-hydrogen) atoms. The minimum atomic E-state index is -0.555.